The van der Waals surface area contributed by atoms with E-state index in [1.165, 1.54) is 24.5 Å². The molecule has 0 aliphatic carbocycles. The summed E-state index contributed by atoms with van der Waals surface area (Å²) in [4.78, 5) is 15.4. The molecule has 0 saturated heterocycles. The molecule has 0 unspecified atom stereocenters. The van der Waals surface area contributed by atoms with Crippen LogP contribution in [0.3, 0.4) is 0 Å². The minimum absolute atomic E-state index is 0.0532. The molecule has 0 amide bonds. The number of carbonyl (C=O) groups is 1. The van der Waals surface area contributed by atoms with Crippen molar-refractivity contribution in [1.82, 2.24) is 4.98 Å². The van der Waals surface area contributed by atoms with Crippen LogP contribution in [0.5, 0.6) is 5.75 Å². The predicted octanol–water partition coefficient (Wildman–Crippen LogP) is 3.13. The first-order valence-corrected chi connectivity index (χ1v) is 6.53. The number of hydrogen-bond donors (Lipinski definition) is 0. The Morgan fingerprint density at radius 3 is 2.85 bits per heavy atom. The number of benzene rings is 1. The molecule has 0 N–H and O–H groups in total. The molecule has 1 heterocycles. The lowest BCUT2D eigenvalue weighted by Crippen LogP contribution is -2.04. The van der Waals surface area contributed by atoms with Crippen LogP contribution < -0.4 is 4.74 Å². The van der Waals surface area contributed by atoms with Crippen molar-refractivity contribution in [1.29, 1.82) is 0 Å². The summed E-state index contributed by atoms with van der Waals surface area (Å²) in [5.74, 6) is -0.347. The summed E-state index contributed by atoms with van der Waals surface area (Å²) in [5, 5.41) is 2.24. The molecule has 4 nitrogen and oxygen atoms in total. The Labute approximate surface area is 118 Å². The number of nitrogens with zero attached hydrogens (tertiary/aromatic N) is 1. The first kappa shape index (κ1) is 14.4. The van der Waals surface area contributed by atoms with E-state index in [0.29, 0.717) is 16.3 Å². The molecule has 0 saturated carbocycles. The number of aromatic nitrogens is 1. The normalized spacial score (nSPS) is 10.6. The highest BCUT2D eigenvalue weighted by atomic mass is 32.1. The summed E-state index contributed by atoms with van der Waals surface area (Å²) in [6.07, 6.45) is 0.0546. The minimum atomic E-state index is -2.90. The summed E-state index contributed by atoms with van der Waals surface area (Å²) in [7, 11) is 1.29. The maximum absolute atomic E-state index is 12.3. The summed E-state index contributed by atoms with van der Waals surface area (Å²) < 4.78 is 33.7. The Morgan fingerprint density at radius 2 is 2.15 bits per heavy atom. The minimum Gasteiger partial charge on any atom is -0.469 e. The smallest absolute Gasteiger partial charge is 0.387 e. The van der Waals surface area contributed by atoms with Crippen LogP contribution in [0.1, 0.15) is 5.01 Å². The lowest BCUT2D eigenvalue weighted by molar-refractivity contribution is -0.139. The topological polar surface area (TPSA) is 48.4 Å². The molecule has 2 aromatic rings. The van der Waals surface area contributed by atoms with E-state index < -0.39 is 12.6 Å². The number of methoxy groups -OCH3 is 1. The van der Waals surface area contributed by atoms with Gasteiger partial charge < -0.3 is 9.47 Å². The molecule has 0 aliphatic rings. The molecule has 20 heavy (non-hydrogen) atoms. The average Bonchev–Trinajstić information content (AvgIpc) is 2.87. The molecule has 1 aromatic heterocycles. The highest BCUT2D eigenvalue weighted by Gasteiger charge is 2.14. The van der Waals surface area contributed by atoms with Gasteiger partial charge in [-0.2, -0.15) is 8.78 Å². The molecule has 0 fully saturated rings. The van der Waals surface area contributed by atoms with E-state index in [1.54, 1.807) is 23.6 Å². The van der Waals surface area contributed by atoms with E-state index in [1.807, 2.05) is 0 Å². The second-order valence-electron chi connectivity index (χ2n) is 3.75. The Hall–Kier alpha value is -2.02. The van der Waals surface area contributed by atoms with Gasteiger partial charge in [-0.05, 0) is 12.1 Å². The van der Waals surface area contributed by atoms with Crippen LogP contribution in [0.25, 0.3) is 11.3 Å². The van der Waals surface area contributed by atoms with E-state index in [0.717, 1.165) is 0 Å². The van der Waals surface area contributed by atoms with Crippen LogP contribution in [-0.2, 0) is 16.0 Å². The summed E-state index contributed by atoms with van der Waals surface area (Å²) in [6.45, 7) is -2.90. The fourth-order valence-electron chi connectivity index (χ4n) is 1.59. The van der Waals surface area contributed by atoms with E-state index in [4.69, 9.17) is 0 Å². The van der Waals surface area contributed by atoms with Crippen LogP contribution in [0.15, 0.2) is 29.6 Å². The number of esters is 1. The van der Waals surface area contributed by atoms with Crippen molar-refractivity contribution in [3.05, 3.63) is 34.7 Å². The van der Waals surface area contributed by atoms with Crippen molar-refractivity contribution in [2.75, 3.05) is 7.11 Å². The molecule has 0 atom stereocenters. The Bertz CT molecular complexity index is 601. The molecular weight excluding hydrogens is 288 g/mol. The third-order valence-electron chi connectivity index (χ3n) is 2.45. The Kier molecular flexibility index (Phi) is 4.62. The third kappa shape index (κ3) is 3.51. The lowest BCUT2D eigenvalue weighted by Gasteiger charge is -2.08. The first-order chi connectivity index (χ1) is 9.60. The van der Waals surface area contributed by atoms with E-state index in [2.05, 4.69) is 14.5 Å². The van der Waals surface area contributed by atoms with Gasteiger partial charge in [0.1, 0.15) is 10.8 Å². The van der Waals surface area contributed by atoms with E-state index in [9.17, 15) is 13.6 Å². The number of thiazole rings is 1. The first-order valence-electron chi connectivity index (χ1n) is 5.65. The van der Waals surface area contributed by atoms with E-state index >= 15 is 0 Å². The van der Waals surface area contributed by atoms with Gasteiger partial charge in [-0.15, -0.1) is 11.3 Å². The van der Waals surface area contributed by atoms with Gasteiger partial charge in [0.05, 0.1) is 19.2 Å². The summed E-state index contributed by atoms with van der Waals surface area (Å²) in [6, 6.07) is 6.38. The largest absolute Gasteiger partial charge is 0.469 e. The van der Waals surface area contributed by atoms with E-state index in [-0.39, 0.29) is 12.2 Å². The molecular formula is C13H11F2NO3S. The van der Waals surface area contributed by atoms with Gasteiger partial charge in [-0.1, -0.05) is 12.1 Å². The molecule has 0 radical (unpaired) electrons. The second-order valence-corrected chi connectivity index (χ2v) is 4.70. The number of rotatable bonds is 5. The second kappa shape index (κ2) is 6.42. The number of para-hydroxylation sites is 1. The number of hydrogen-bond acceptors (Lipinski definition) is 5. The summed E-state index contributed by atoms with van der Waals surface area (Å²) in [5.41, 5.74) is 0.949. The average molecular weight is 299 g/mol. The number of carbonyl (C=O) groups excluding carboxylic acids is 1. The van der Waals surface area contributed by atoms with Gasteiger partial charge in [0, 0.05) is 10.9 Å². The molecule has 106 valence electrons. The number of halogens is 2. The third-order valence-corrected chi connectivity index (χ3v) is 3.30. The highest BCUT2D eigenvalue weighted by Crippen LogP contribution is 2.31. The van der Waals surface area contributed by atoms with Gasteiger partial charge in [-0.3, -0.25) is 4.79 Å². The van der Waals surface area contributed by atoms with Gasteiger partial charge in [0.15, 0.2) is 0 Å². The van der Waals surface area contributed by atoms with Crippen molar-refractivity contribution in [3.63, 3.8) is 0 Å². The van der Waals surface area contributed by atoms with Gasteiger partial charge in [0.25, 0.3) is 0 Å². The lowest BCUT2D eigenvalue weighted by atomic mass is 10.1. The van der Waals surface area contributed by atoms with Crippen LogP contribution in [0, 0.1) is 0 Å². The van der Waals surface area contributed by atoms with Crippen LogP contribution >= 0.6 is 11.3 Å². The zero-order chi connectivity index (χ0) is 14.5. The molecule has 2 rings (SSSR count). The maximum Gasteiger partial charge on any atom is 0.387 e. The molecule has 0 spiro atoms. The zero-order valence-corrected chi connectivity index (χ0v) is 11.3. The highest BCUT2D eigenvalue weighted by molar-refractivity contribution is 7.10. The zero-order valence-electron chi connectivity index (χ0n) is 10.5. The van der Waals surface area contributed by atoms with Crippen molar-refractivity contribution in [2.24, 2.45) is 0 Å². The Morgan fingerprint density at radius 1 is 1.40 bits per heavy atom. The van der Waals surface area contributed by atoms with Crippen LogP contribution in [0.4, 0.5) is 8.78 Å². The molecule has 0 bridgehead atoms. The fraction of sp³-hybridized carbons (Fsp3) is 0.231. The van der Waals surface area contributed by atoms with Crippen molar-refractivity contribution in [3.8, 4) is 17.0 Å². The van der Waals surface area contributed by atoms with Crippen molar-refractivity contribution in [2.45, 2.75) is 13.0 Å². The van der Waals surface area contributed by atoms with Gasteiger partial charge >= 0.3 is 12.6 Å². The quantitative estimate of drug-likeness (QED) is 0.796. The predicted molar refractivity (Wildman–Crippen MR) is 69.9 cm³/mol. The maximum atomic E-state index is 12.3. The van der Waals surface area contributed by atoms with Crippen molar-refractivity contribution < 1.29 is 23.0 Å². The Balaban J connectivity index is 2.25. The van der Waals surface area contributed by atoms with Gasteiger partial charge in [-0.25, -0.2) is 4.98 Å². The number of ether oxygens (including phenoxy) is 2. The number of alkyl halides is 2. The van der Waals surface area contributed by atoms with Crippen molar-refractivity contribution >= 4 is 17.3 Å². The monoisotopic (exact) mass is 299 g/mol. The van der Waals surface area contributed by atoms with Gasteiger partial charge in [0.2, 0.25) is 0 Å². The van der Waals surface area contributed by atoms with Crippen LogP contribution in [0.2, 0.25) is 0 Å². The summed E-state index contributed by atoms with van der Waals surface area (Å²) >= 11 is 1.26. The SMILES string of the molecule is COC(=O)Cc1nc(-c2ccccc2OC(F)F)cs1. The fourth-order valence-corrected chi connectivity index (χ4v) is 2.37. The van der Waals surface area contributed by atoms with Crippen LogP contribution in [-0.4, -0.2) is 24.7 Å². The molecule has 7 heteroatoms. The molecule has 1 aromatic carbocycles. The molecule has 0 aliphatic heterocycles. The standard InChI is InChI=1S/C13H11F2NO3S/c1-18-12(17)6-11-16-9(7-20-11)8-4-2-3-5-10(8)19-13(14)15/h2-5,7,13H,6H2,1H3.